The van der Waals surface area contributed by atoms with Gasteiger partial charge in [0.1, 0.15) is 29.3 Å². The van der Waals surface area contributed by atoms with Gasteiger partial charge in [0.05, 0.1) is 6.16 Å². The average Bonchev–Trinajstić information content (AvgIpc) is 2.89. The second kappa shape index (κ2) is 10.9. The molecular weight excluding hydrogens is 459 g/mol. The van der Waals surface area contributed by atoms with E-state index in [1.54, 1.807) is 0 Å². The van der Waals surface area contributed by atoms with Crippen molar-refractivity contribution in [3.8, 4) is 0 Å². The maximum absolute atomic E-state index is 12.4. The second-order valence-electron chi connectivity index (χ2n) is 10.3. The van der Waals surface area contributed by atoms with E-state index >= 15 is 0 Å². The molecule has 0 heterocycles. The maximum Gasteiger partial charge on any atom is 0.187 e. The zero-order valence-corrected chi connectivity index (χ0v) is 22.6. The van der Waals surface area contributed by atoms with Crippen LogP contribution in [0.5, 0.6) is 0 Å². The van der Waals surface area contributed by atoms with Crippen molar-refractivity contribution in [1.82, 2.24) is 0 Å². The molecule has 0 bridgehead atoms. The smallest absolute Gasteiger partial charge is 0.187 e. The summed E-state index contributed by atoms with van der Waals surface area (Å²) < 4.78 is 0. The maximum atomic E-state index is 12.4. The molecule has 0 unspecified atom stereocenters. The van der Waals surface area contributed by atoms with Gasteiger partial charge in [-0.1, -0.05) is 86.2 Å². The number of rotatable bonds is 7. The number of aliphatic hydroxyl groups is 1. The summed E-state index contributed by atoms with van der Waals surface area (Å²) in [6.45, 7) is 8.17. The van der Waals surface area contributed by atoms with Crippen molar-refractivity contribution in [3.05, 3.63) is 126 Å². The fourth-order valence-electron chi connectivity index (χ4n) is 5.30. The third-order valence-corrected chi connectivity index (χ3v) is 11.6. The summed E-state index contributed by atoms with van der Waals surface area (Å²) in [5, 5.41) is 14.3. The average molecular weight is 496 g/mol. The monoisotopic (exact) mass is 495 g/mol. The molecule has 1 atom stereocenters. The molecule has 2 nitrogen and oxygen atoms in total. The second-order valence-corrected chi connectivity index (χ2v) is 13.8. The largest absolute Gasteiger partial charge is 0.385 e. The molecule has 0 saturated carbocycles. The molecule has 0 saturated heterocycles. The van der Waals surface area contributed by atoms with Gasteiger partial charge in [0.25, 0.3) is 0 Å². The van der Waals surface area contributed by atoms with Gasteiger partial charge in [-0.05, 0) is 79.3 Å². The molecule has 3 heteroatoms. The van der Waals surface area contributed by atoms with E-state index in [0.717, 1.165) is 17.3 Å². The van der Waals surface area contributed by atoms with E-state index in [9.17, 15) is 9.90 Å². The Hall–Kier alpha value is -3.06. The zero-order chi connectivity index (χ0) is 25.8. The van der Waals surface area contributed by atoms with Crippen molar-refractivity contribution in [1.29, 1.82) is 0 Å². The lowest BCUT2D eigenvalue weighted by molar-refractivity contribution is -0.125. The van der Waals surface area contributed by atoms with Crippen LogP contribution in [0.15, 0.2) is 126 Å². The molecule has 184 valence electrons. The van der Waals surface area contributed by atoms with E-state index in [2.05, 4.69) is 130 Å². The number of allylic oxidation sites excluding steroid dienone is 5. The predicted octanol–water partition coefficient (Wildman–Crippen LogP) is 6.16. The molecule has 0 spiro atoms. The van der Waals surface area contributed by atoms with Gasteiger partial charge in [-0.3, -0.25) is 4.79 Å². The lowest BCUT2D eigenvalue weighted by Crippen LogP contribution is -2.35. The van der Waals surface area contributed by atoms with Gasteiger partial charge in [0, 0.05) is 0 Å². The van der Waals surface area contributed by atoms with Crippen LogP contribution in [0.1, 0.15) is 34.1 Å². The number of hydrogen-bond acceptors (Lipinski definition) is 2. The number of carbonyl (C=O) groups is 1. The SMILES string of the molecule is CC1=C(/C=C/C(C)=C/C[P+](c2ccccc2)(c2ccccc2)c2ccccc2)C(C)(C)C[C@@H](O)C1=O. The Bertz CT molecular complexity index is 1190. The number of benzene rings is 3. The molecule has 1 N–H and O–H groups in total. The Kier molecular flexibility index (Phi) is 7.88. The van der Waals surface area contributed by atoms with Crippen LogP contribution in [0.4, 0.5) is 0 Å². The van der Waals surface area contributed by atoms with Crippen LogP contribution >= 0.6 is 7.26 Å². The molecule has 0 fully saturated rings. The standard InChI is InChI=1S/C33H36O2P/c1-25(20-21-30-26(2)32(35)31(34)24-33(30,3)4)22-23-36(27-14-8-5-9-15-27,28-16-10-6-11-17-28)29-18-12-7-13-19-29/h5-22,31,34H,23-24H2,1-4H3/q+1/b21-20+,25-22+/t31-/m1/s1. The van der Waals surface area contributed by atoms with Crippen LogP contribution in [-0.4, -0.2) is 23.2 Å². The van der Waals surface area contributed by atoms with Gasteiger partial charge < -0.3 is 5.11 Å². The Morgan fingerprint density at radius 2 is 1.33 bits per heavy atom. The van der Waals surface area contributed by atoms with Crippen LogP contribution in [0.3, 0.4) is 0 Å². The van der Waals surface area contributed by atoms with Crippen molar-refractivity contribution in [2.75, 3.05) is 6.16 Å². The molecular formula is C33H36O2P+. The summed E-state index contributed by atoms with van der Waals surface area (Å²) in [7, 11) is -1.93. The predicted molar refractivity (Wildman–Crippen MR) is 155 cm³/mol. The van der Waals surface area contributed by atoms with Gasteiger partial charge in [-0.25, -0.2) is 0 Å². The normalized spacial score (nSPS) is 18.6. The zero-order valence-electron chi connectivity index (χ0n) is 21.7. The molecule has 1 aliphatic carbocycles. The minimum atomic E-state index is -1.93. The summed E-state index contributed by atoms with van der Waals surface area (Å²) in [6.07, 6.45) is 7.01. The molecule has 3 aromatic rings. The van der Waals surface area contributed by atoms with E-state index in [1.807, 2.05) is 6.92 Å². The molecule has 4 rings (SSSR count). The van der Waals surface area contributed by atoms with Crippen LogP contribution in [0.2, 0.25) is 0 Å². The highest BCUT2D eigenvalue weighted by Crippen LogP contribution is 2.55. The summed E-state index contributed by atoms with van der Waals surface area (Å²) >= 11 is 0. The van der Waals surface area contributed by atoms with E-state index in [4.69, 9.17) is 0 Å². The molecule has 3 aromatic carbocycles. The van der Waals surface area contributed by atoms with Gasteiger partial charge in [-0.2, -0.15) is 0 Å². The molecule has 0 radical (unpaired) electrons. The first kappa shape index (κ1) is 26.0. The van der Waals surface area contributed by atoms with E-state index in [1.165, 1.54) is 15.9 Å². The van der Waals surface area contributed by atoms with Crippen LogP contribution in [0, 0.1) is 5.41 Å². The minimum absolute atomic E-state index is 0.155. The van der Waals surface area contributed by atoms with Crippen molar-refractivity contribution in [2.24, 2.45) is 5.41 Å². The van der Waals surface area contributed by atoms with Crippen LogP contribution < -0.4 is 15.9 Å². The van der Waals surface area contributed by atoms with Crippen LogP contribution in [-0.2, 0) is 4.79 Å². The topological polar surface area (TPSA) is 37.3 Å². The number of carbonyl (C=O) groups excluding carboxylic acids is 1. The lowest BCUT2D eigenvalue weighted by atomic mass is 9.71. The highest BCUT2D eigenvalue weighted by molar-refractivity contribution is 7.95. The number of hydrogen-bond donors (Lipinski definition) is 1. The van der Waals surface area contributed by atoms with E-state index in [-0.39, 0.29) is 11.2 Å². The molecule has 1 aliphatic rings. The highest BCUT2D eigenvalue weighted by atomic mass is 31.2. The third-order valence-electron chi connectivity index (χ3n) is 7.30. The van der Waals surface area contributed by atoms with Crippen molar-refractivity contribution in [2.45, 2.75) is 40.2 Å². The van der Waals surface area contributed by atoms with Gasteiger partial charge in [-0.15, -0.1) is 0 Å². The number of aliphatic hydroxyl groups excluding tert-OH is 1. The summed E-state index contributed by atoms with van der Waals surface area (Å²) in [5.74, 6) is -0.155. The first-order chi connectivity index (χ1) is 17.3. The van der Waals surface area contributed by atoms with E-state index < -0.39 is 13.4 Å². The highest BCUT2D eigenvalue weighted by Gasteiger charge is 2.44. The first-order valence-electron chi connectivity index (χ1n) is 12.6. The van der Waals surface area contributed by atoms with Crippen molar-refractivity contribution in [3.63, 3.8) is 0 Å². The van der Waals surface area contributed by atoms with Gasteiger partial charge >= 0.3 is 0 Å². The summed E-state index contributed by atoms with van der Waals surface area (Å²) in [5.41, 5.74) is 2.60. The molecule has 36 heavy (non-hydrogen) atoms. The summed E-state index contributed by atoms with van der Waals surface area (Å²) in [6, 6.07) is 32.7. The lowest BCUT2D eigenvalue weighted by Gasteiger charge is -2.34. The third kappa shape index (κ3) is 5.21. The molecule has 0 aliphatic heterocycles. The Balaban J connectivity index is 1.77. The first-order valence-corrected chi connectivity index (χ1v) is 14.6. The summed E-state index contributed by atoms with van der Waals surface area (Å²) in [4.78, 5) is 12.4. The Morgan fingerprint density at radius 3 is 1.78 bits per heavy atom. The minimum Gasteiger partial charge on any atom is -0.385 e. The fraction of sp³-hybridized carbons (Fsp3) is 0.242. The molecule has 0 amide bonds. The van der Waals surface area contributed by atoms with Crippen molar-refractivity contribution >= 4 is 29.0 Å². The van der Waals surface area contributed by atoms with Crippen LogP contribution in [0.25, 0.3) is 0 Å². The quantitative estimate of drug-likeness (QED) is 0.315. The Labute approximate surface area is 216 Å². The number of Topliss-reactive ketones (excluding diaryl/α,β-unsaturated/α-hetero) is 1. The van der Waals surface area contributed by atoms with Crippen molar-refractivity contribution < 1.29 is 9.90 Å². The van der Waals surface area contributed by atoms with Gasteiger partial charge in [0.2, 0.25) is 0 Å². The Morgan fingerprint density at radius 1 is 0.889 bits per heavy atom. The number of ketones is 1. The van der Waals surface area contributed by atoms with Gasteiger partial charge in [0.15, 0.2) is 5.78 Å². The van der Waals surface area contributed by atoms with E-state index in [0.29, 0.717) is 12.0 Å². The fourth-order valence-corrected chi connectivity index (χ4v) is 9.43. The molecule has 0 aromatic heterocycles.